The van der Waals surface area contributed by atoms with Crippen LogP contribution in [0.15, 0.2) is 12.7 Å². The van der Waals surface area contributed by atoms with Crippen LogP contribution in [0, 0.1) is 0 Å². The molecule has 0 unspecified atom stereocenters. The van der Waals surface area contributed by atoms with E-state index in [2.05, 4.69) is 10.8 Å². The minimum absolute atomic E-state index is 0.321. The lowest BCUT2D eigenvalue weighted by Gasteiger charge is -1.87. The van der Waals surface area contributed by atoms with E-state index in [-0.39, 0.29) is 6.61 Å². The summed E-state index contributed by atoms with van der Waals surface area (Å²) >= 11 is 0. The molecule has 0 aliphatic rings. The van der Waals surface area contributed by atoms with E-state index in [0.29, 0.717) is 0 Å². The first-order valence-electron chi connectivity index (χ1n) is 1.76. The topological polar surface area (TPSA) is 43.4 Å². The van der Waals surface area contributed by atoms with E-state index in [1.165, 1.54) is 0 Å². The summed E-state index contributed by atoms with van der Waals surface area (Å²) in [4.78, 5) is 0. The molecular formula is C3H5FO3S. The van der Waals surface area contributed by atoms with E-state index < -0.39 is 10.5 Å². The number of halogens is 1. The van der Waals surface area contributed by atoms with Crippen LogP contribution in [0.2, 0.25) is 0 Å². The molecular weight excluding hydrogens is 135 g/mol. The van der Waals surface area contributed by atoms with Gasteiger partial charge < -0.3 is 0 Å². The maximum Gasteiger partial charge on any atom is 0.437 e. The molecule has 0 aromatic carbocycles. The second kappa shape index (κ2) is 2.78. The standard InChI is InChI=1S/C3H5FO3S/c1-2-3-7-8(4,5)6/h2H,1,3H2. The van der Waals surface area contributed by atoms with Gasteiger partial charge in [0, 0.05) is 0 Å². The van der Waals surface area contributed by atoms with Crippen LogP contribution in [0.1, 0.15) is 0 Å². The Labute approximate surface area is 47.2 Å². The fourth-order valence-corrected chi connectivity index (χ4v) is 0.388. The minimum atomic E-state index is -4.76. The van der Waals surface area contributed by atoms with Gasteiger partial charge >= 0.3 is 10.5 Å². The Balaban J connectivity index is 3.57. The summed E-state index contributed by atoms with van der Waals surface area (Å²) < 4.78 is 33.8. The molecule has 48 valence electrons. The summed E-state index contributed by atoms with van der Waals surface area (Å²) in [5, 5.41) is 0. The van der Waals surface area contributed by atoms with Crippen LogP contribution in [0.3, 0.4) is 0 Å². The third kappa shape index (κ3) is 5.58. The maximum absolute atomic E-state index is 11.3. The zero-order valence-electron chi connectivity index (χ0n) is 4.00. The third-order valence-corrected chi connectivity index (χ3v) is 0.744. The van der Waals surface area contributed by atoms with Crippen molar-refractivity contribution in [1.82, 2.24) is 0 Å². The largest absolute Gasteiger partial charge is 0.437 e. The summed E-state index contributed by atoms with van der Waals surface area (Å²) in [5.74, 6) is 0. The third-order valence-electron chi connectivity index (χ3n) is 0.327. The number of hydrogen-bond donors (Lipinski definition) is 0. The van der Waals surface area contributed by atoms with Crippen LogP contribution in [-0.2, 0) is 14.7 Å². The molecule has 0 aliphatic carbocycles. The second-order valence-corrected chi connectivity index (χ2v) is 1.99. The normalized spacial score (nSPS) is 11.1. The zero-order chi connectivity index (χ0) is 6.62. The van der Waals surface area contributed by atoms with Crippen LogP contribution in [0.5, 0.6) is 0 Å². The first-order chi connectivity index (χ1) is 3.56. The van der Waals surface area contributed by atoms with Gasteiger partial charge in [-0.05, 0) is 0 Å². The van der Waals surface area contributed by atoms with Crippen molar-refractivity contribution < 1.29 is 16.5 Å². The first kappa shape index (κ1) is 7.58. The lowest BCUT2D eigenvalue weighted by molar-refractivity contribution is 0.328. The van der Waals surface area contributed by atoms with Gasteiger partial charge in [0.1, 0.15) is 0 Å². The molecule has 0 spiro atoms. The van der Waals surface area contributed by atoms with Crippen LogP contribution in [0.25, 0.3) is 0 Å². The molecule has 0 N–H and O–H groups in total. The lowest BCUT2D eigenvalue weighted by Crippen LogP contribution is -1.96. The molecule has 0 bridgehead atoms. The minimum Gasteiger partial charge on any atom is -0.241 e. The zero-order valence-corrected chi connectivity index (χ0v) is 4.82. The molecule has 0 fully saturated rings. The highest BCUT2D eigenvalue weighted by Gasteiger charge is 2.02. The summed E-state index contributed by atoms with van der Waals surface area (Å²) in [7, 11) is -4.76. The Kier molecular flexibility index (Phi) is 2.64. The molecule has 0 aromatic rings. The molecule has 0 heterocycles. The summed E-state index contributed by atoms with van der Waals surface area (Å²) in [6.45, 7) is 2.79. The van der Waals surface area contributed by atoms with Gasteiger partial charge in [-0.2, -0.15) is 8.42 Å². The average molecular weight is 140 g/mol. The molecule has 0 aromatic heterocycles. The van der Waals surface area contributed by atoms with Crippen LogP contribution < -0.4 is 0 Å². The summed E-state index contributed by atoms with van der Waals surface area (Å²) in [6.07, 6.45) is 1.14. The van der Waals surface area contributed by atoms with E-state index in [1.54, 1.807) is 0 Å². The van der Waals surface area contributed by atoms with Crippen molar-refractivity contribution in [3.8, 4) is 0 Å². The predicted octanol–water partition coefficient (Wildman–Crippen LogP) is 0.403. The summed E-state index contributed by atoms with van der Waals surface area (Å²) in [5.41, 5.74) is 0. The number of hydrogen-bond acceptors (Lipinski definition) is 3. The Morgan fingerprint density at radius 3 is 2.38 bits per heavy atom. The van der Waals surface area contributed by atoms with E-state index >= 15 is 0 Å². The Morgan fingerprint density at radius 1 is 1.75 bits per heavy atom. The Bertz CT molecular complexity index is 159. The quantitative estimate of drug-likeness (QED) is 0.421. The maximum atomic E-state index is 11.3. The molecule has 0 radical (unpaired) electrons. The van der Waals surface area contributed by atoms with Crippen molar-refractivity contribution >= 4 is 10.5 Å². The fraction of sp³-hybridized carbons (Fsp3) is 0.333. The lowest BCUT2D eigenvalue weighted by atomic mass is 10.7. The molecule has 0 rings (SSSR count). The highest BCUT2D eigenvalue weighted by molar-refractivity contribution is 7.81. The first-order valence-corrected chi connectivity index (χ1v) is 3.07. The Morgan fingerprint density at radius 2 is 2.25 bits per heavy atom. The second-order valence-electron chi connectivity index (χ2n) is 0.966. The van der Waals surface area contributed by atoms with Crippen LogP contribution in [0.4, 0.5) is 3.89 Å². The van der Waals surface area contributed by atoms with Gasteiger partial charge in [0.25, 0.3) is 0 Å². The molecule has 0 saturated carbocycles. The van der Waals surface area contributed by atoms with E-state index in [4.69, 9.17) is 0 Å². The van der Waals surface area contributed by atoms with Gasteiger partial charge in [-0.1, -0.05) is 9.96 Å². The molecule has 0 saturated heterocycles. The molecule has 0 amide bonds. The SMILES string of the molecule is C=CCOS(=O)(=O)F. The van der Waals surface area contributed by atoms with Crippen LogP contribution in [-0.4, -0.2) is 15.0 Å². The fourth-order valence-electron chi connectivity index (χ4n) is 0.129. The predicted molar refractivity (Wildman–Crippen MR) is 26.2 cm³/mol. The van der Waals surface area contributed by atoms with E-state index in [0.717, 1.165) is 6.08 Å². The summed E-state index contributed by atoms with van der Waals surface area (Å²) in [6, 6.07) is 0. The highest BCUT2D eigenvalue weighted by Crippen LogP contribution is 1.91. The van der Waals surface area contributed by atoms with Crippen molar-refractivity contribution in [1.29, 1.82) is 0 Å². The van der Waals surface area contributed by atoms with Gasteiger partial charge in [-0.3, -0.25) is 0 Å². The molecule has 0 aliphatic heterocycles. The average Bonchev–Trinajstić information content (AvgIpc) is 1.59. The monoisotopic (exact) mass is 140 g/mol. The highest BCUT2D eigenvalue weighted by atomic mass is 32.3. The van der Waals surface area contributed by atoms with Crippen molar-refractivity contribution in [2.45, 2.75) is 0 Å². The smallest absolute Gasteiger partial charge is 0.241 e. The van der Waals surface area contributed by atoms with Crippen molar-refractivity contribution in [2.75, 3.05) is 6.61 Å². The number of rotatable bonds is 3. The van der Waals surface area contributed by atoms with Crippen LogP contribution >= 0.6 is 0 Å². The van der Waals surface area contributed by atoms with Gasteiger partial charge in [0.2, 0.25) is 0 Å². The van der Waals surface area contributed by atoms with E-state index in [9.17, 15) is 12.3 Å². The molecule has 8 heavy (non-hydrogen) atoms. The van der Waals surface area contributed by atoms with Gasteiger partial charge in [-0.15, -0.1) is 6.58 Å². The van der Waals surface area contributed by atoms with Gasteiger partial charge in [0.15, 0.2) is 0 Å². The van der Waals surface area contributed by atoms with Crippen molar-refractivity contribution in [3.63, 3.8) is 0 Å². The van der Waals surface area contributed by atoms with Crippen molar-refractivity contribution in [3.05, 3.63) is 12.7 Å². The van der Waals surface area contributed by atoms with Crippen molar-refractivity contribution in [2.24, 2.45) is 0 Å². The molecule has 3 nitrogen and oxygen atoms in total. The van der Waals surface area contributed by atoms with Gasteiger partial charge in [-0.25, -0.2) is 4.18 Å². The van der Waals surface area contributed by atoms with E-state index in [1.807, 2.05) is 0 Å². The van der Waals surface area contributed by atoms with Gasteiger partial charge in [0.05, 0.1) is 6.61 Å². The molecule has 5 heteroatoms. The Hall–Kier alpha value is -0.420. The molecule has 0 atom stereocenters.